The highest BCUT2D eigenvalue weighted by Crippen LogP contribution is 2.47. The van der Waals surface area contributed by atoms with Gasteiger partial charge >= 0.3 is 50.3 Å². The van der Waals surface area contributed by atoms with Crippen LogP contribution in [-0.4, -0.2) is 152 Å². The fraction of sp³-hybridized carbons (Fsp3) is 0.312. The van der Waals surface area contributed by atoms with Crippen LogP contribution in [0.4, 0.5) is 0 Å². The largest absolute Gasteiger partial charge is 0.691 e. The lowest BCUT2D eigenvalue weighted by molar-refractivity contribution is -0.601. The Hall–Kier alpha value is -8.18. The van der Waals surface area contributed by atoms with Crippen molar-refractivity contribution in [3.63, 3.8) is 0 Å². The van der Waals surface area contributed by atoms with Crippen molar-refractivity contribution in [2.45, 2.75) is 26.2 Å². The third kappa shape index (κ3) is 8.85. The van der Waals surface area contributed by atoms with E-state index in [-0.39, 0.29) is 0 Å². The predicted molar refractivity (Wildman–Crippen MR) is 325 cm³/mol. The summed E-state index contributed by atoms with van der Waals surface area (Å²) in [4.78, 5) is 9.58. The van der Waals surface area contributed by atoms with Crippen molar-refractivity contribution in [1.82, 2.24) is 19.6 Å². The number of benzene rings is 4. The molecular formula is C64H68B4N8O12. The maximum Gasteiger partial charge on any atom is 0.691 e. The van der Waals surface area contributed by atoms with E-state index >= 15 is 0 Å². The van der Waals surface area contributed by atoms with Crippen molar-refractivity contribution < 1.29 is 74.1 Å². The molecule has 0 N–H and O–H groups in total. The van der Waals surface area contributed by atoms with E-state index in [4.69, 9.17) is 56.2 Å². The second kappa shape index (κ2) is 21.8. The number of pyridine rings is 4. The molecule has 20 nitrogen and oxygen atoms in total. The van der Waals surface area contributed by atoms with Crippen LogP contribution in [0.5, 0.6) is 46.5 Å². The summed E-state index contributed by atoms with van der Waals surface area (Å²) >= 11 is 0. The molecule has 8 aromatic rings. The topological polar surface area (TPSA) is 139 Å². The van der Waals surface area contributed by atoms with Gasteiger partial charge < -0.3 is 74.1 Å². The zero-order chi connectivity index (χ0) is 58.3. The highest BCUT2D eigenvalue weighted by atomic mass is 16.7. The number of aromatic nitrogens is 4. The molecule has 13 heterocycles. The quantitative estimate of drug-likeness (QED) is 0.162. The highest BCUT2D eigenvalue weighted by Gasteiger charge is 2.68. The lowest BCUT2D eigenvalue weighted by Crippen LogP contribution is -2.83. The van der Waals surface area contributed by atoms with Crippen molar-refractivity contribution in [3.8, 4) is 46.5 Å². The van der Waals surface area contributed by atoms with Crippen molar-refractivity contribution in [2.24, 2.45) is 0 Å². The molecule has 24 heteroatoms. The molecule has 9 aliphatic heterocycles. The van der Waals surface area contributed by atoms with Gasteiger partial charge in [0.2, 0.25) is 0 Å². The Balaban J connectivity index is 0.981. The number of hydrogen-bond acceptors (Lipinski definition) is 16. The molecule has 4 aromatic carbocycles. The van der Waals surface area contributed by atoms with E-state index in [9.17, 15) is 0 Å². The van der Waals surface area contributed by atoms with Gasteiger partial charge in [-0.2, -0.15) is 0 Å². The van der Waals surface area contributed by atoms with E-state index in [2.05, 4.69) is 92.4 Å². The maximum absolute atomic E-state index is 8.04. The fourth-order valence-electron chi connectivity index (χ4n) is 14.6. The summed E-state index contributed by atoms with van der Waals surface area (Å²) in [5, 5.41) is 0. The molecule has 4 aromatic heterocycles. The molecule has 4 atom stereocenters. The van der Waals surface area contributed by atoms with E-state index in [0.717, 1.165) is 96.5 Å². The van der Waals surface area contributed by atoms with Gasteiger partial charge in [0.1, 0.15) is 24.8 Å². The predicted octanol–water partition coefficient (Wildman–Crippen LogP) is 1.14. The Morgan fingerprint density at radius 3 is 0.670 bits per heavy atom. The van der Waals surface area contributed by atoms with E-state index in [1.165, 1.54) is 0 Å². The Morgan fingerprint density at radius 2 is 0.466 bits per heavy atom. The lowest BCUT2D eigenvalue weighted by Gasteiger charge is -2.33. The van der Waals surface area contributed by atoms with Gasteiger partial charge in [0.05, 0.1) is 52.9 Å². The monoisotopic (exact) mass is 1180 g/mol. The van der Waals surface area contributed by atoms with Gasteiger partial charge in [-0.05, 0) is 21.9 Å². The first kappa shape index (κ1) is 54.0. The highest BCUT2D eigenvalue weighted by molar-refractivity contribution is 6.79. The third-order valence-electron chi connectivity index (χ3n) is 19.2. The normalized spacial score (nSPS) is 25.3. The molecule has 9 aliphatic rings. The molecular weight excluding hydrogens is 1120 g/mol. The number of nitrogens with zero attached hydrogens (tertiary/aromatic N) is 8. The van der Waals surface area contributed by atoms with Crippen LogP contribution in [0.3, 0.4) is 0 Å². The molecule has 0 saturated carbocycles. The van der Waals surface area contributed by atoms with Crippen molar-refractivity contribution >= 4 is 48.6 Å². The average molecular weight is 1180 g/mol. The molecule has 0 spiro atoms. The standard InChI is InChI=1S/C64H68B4N8O12/c1-5-13-53(14-6-1)65-73-25-21-50(46-70-31-39-78-40-32-70)58-61(73)86-67(82-58,55-17-9-3-10-18-55)75-27-23-52(48-72-35-43-80-44-36-72)60-63(75)88-68(84-60,56-19-11-4-12-20-56)76-28-24-51(47-71-33-41-79-42-34-71)59-64(76)87-66(83-59,54-15-7-2-8-16-54)74-26-22-49(57(81-65)62(74)85-65)45-69-29-37-77-38-30-69/h1-28H,29-48H2. The summed E-state index contributed by atoms with van der Waals surface area (Å²) in [6.45, 7) is 1.64. The van der Waals surface area contributed by atoms with Crippen LogP contribution in [0.15, 0.2) is 170 Å². The smallest absolute Gasteiger partial charge is 0.612 e. The van der Waals surface area contributed by atoms with Crippen LogP contribution in [0, 0.1) is 0 Å². The molecule has 0 aliphatic carbocycles. The number of fused-ring (bicyclic) bond motifs is 8. The Morgan fingerprint density at radius 1 is 0.261 bits per heavy atom. The van der Waals surface area contributed by atoms with Crippen LogP contribution in [0.25, 0.3) is 0 Å². The molecule has 8 bridgehead atoms. The summed E-state index contributed by atoms with van der Waals surface area (Å²) in [6, 6.07) is 49.2. The van der Waals surface area contributed by atoms with Crippen LogP contribution >= 0.6 is 0 Å². The minimum Gasteiger partial charge on any atom is -0.612 e. The molecule has 17 rings (SSSR count). The molecule has 4 fully saturated rings. The van der Waals surface area contributed by atoms with Crippen LogP contribution in [0.1, 0.15) is 22.3 Å². The van der Waals surface area contributed by atoms with Gasteiger partial charge in [-0.3, -0.25) is 19.6 Å². The summed E-state index contributed by atoms with van der Waals surface area (Å²) in [5.41, 5.74) is 6.66. The molecule has 4 unspecified atom stereocenters. The van der Waals surface area contributed by atoms with Gasteiger partial charge in [0, 0.05) is 125 Å². The number of ether oxygens (including phenoxy) is 4. The second-order valence-corrected chi connectivity index (χ2v) is 24.4. The first-order chi connectivity index (χ1) is 43.5. The zero-order valence-electron chi connectivity index (χ0n) is 49.1. The first-order valence-electron chi connectivity index (χ1n) is 31.3. The van der Waals surface area contributed by atoms with E-state index in [1.54, 1.807) is 0 Å². The lowest BCUT2D eigenvalue weighted by atomic mass is 9.62. The van der Waals surface area contributed by atoms with Gasteiger partial charge in [-0.15, -0.1) is 0 Å². The molecule has 448 valence electrons. The number of hydrogen-bond donors (Lipinski definition) is 0. The number of morpholine rings is 4. The average Bonchev–Trinajstić information content (AvgIpc) is 1.78. The summed E-state index contributed by atoms with van der Waals surface area (Å²) < 4.78 is 95.6. The van der Waals surface area contributed by atoms with Crippen molar-refractivity contribution in [3.05, 3.63) is 193 Å². The van der Waals surface area contributed by atoms with E-state index in [0.29, 0.717) is 126 Å². The van der Waals surface area contributed by atoms with Gasteiger partial charge in [0.25, 0.3) is 0 Å². The second-order valence-electron chi connectivity index (χ2n) is 24.4. The fourth-order valence-corrected chi connectivity index (χ4v) is 14.6. The van der Waals surface area contributed by atoms with E-state index < -0.39 is 26.7 Å². The number of rotatable bonds is 12. The minimum atomic E-state index is -2.88. The zero-order valence-corrected chi connectivity index (χ0v) is 49.1. The molecule has 4 saturated heterocycles. The van der Waals surface area contributed by atoms with Gasteiger partial charge in [-0.25, -0.2) is 0 Å². The van der Waals surface area contributed by atoms with Gasteiger partial charge in [0.15, 0.2) is 23.0 Å². The van der Waals surface area contributed by atoms with Gasteiger partial charge in [-0.1, -0.05) is 121 Å². The van der Waals surface area contributed by atoms with Crippen LogP contribution in [0.2, 0.25) is 0 Å². The van der Waals surface area contributed by atoms with E-state index in [1.807, 2.05) is 115 Å². The Labute approximate surface area is 510 Å². The minimum absolute atomic E-state index is 0.407. The van der Waals surface area contributed by atoms with Crippen LogP contribution < -0.4 is 77.0 Å². The molecule has 88 heavy (non-hydrogen) atoms. The molecule has 0 amide bonds. The van der Waals surface area contributed by atoms with Crippen LogP contribution in [-0.2, 0) is 45.1 Å². The summed E-state index contributed by atoms with van der Waals surface area (Å²) in [7, 11) is 0. The summed E-state index contributed by atoms with van der Waals surface area (Å²) in [5.74, 6) is 3.77. The third-order valence-corrected chi connectivity index (χ3v) is 19.2. The Kier molecular flexibility index (Phi) is 13.4. The summed E-state index contributed by atoms with van der Waals surface area (Å²) in [6.07, 6.45) is 8.18. The first-order valence-corrected chi connectivity index (χ1v) is 31.3. The SMILES string of the molecule is c1ccc([B-]23Oc4c(CN5CCOCC5)cc[n+](c4O2)[B-]2(c4ccccc4)Oc4c(CN5CCOCC5)cc[n+](c4O2)[B-]2(c4ccccc4)Oc4c(CN5CCOCC5)cc[n+](c4O2)[B-]2(c4ccccc4)Oc4c(CN5CCOCC5)cc[n+]3c4O2)cc1. The van der Waals surface area contributed by atoms with Crippen molar-refractivity contribution in [1.29, 1.82) is 0 Å². The Bertz CT molecular complexity index is 3440. The maximum atomic E-state index is 8.04. The van der Waals surface area contributed by atoms with Crippen molar-refractivity contribution in [2.75, 3.05) is 105 Å². The molecule has 0 radical (unpaired) electrons.